The van der Waals surface area contributed by atoms with Gasteiger partial charge in [0.05, 0.1) is 0 Å². The first kappa shape index (κ1) is 17.3. The largest absolute Gasteiger partial charge is 0.378 e. The molecule has 0 aromatic heterocycles. The highest BCUT2D eigenvalue weighted by Crippen LogP contribution is 2.28. The van der Waals surface area contributed by atoms with Gasteiger partial charge in [-0.2, -0.15) is 0 Å². The molecule has 0 spiro atoms. The summed E-state index contributed by atoms with van der Waals surface area (Å²) in [5, 5.41) is 0. The van der Waals surface area contributed by atoms with Gasteiger partial charge in [0.2, 0.25) is 0 Å². The molecule has 3 rings (SSSR count). The normalized spacial score (nSPS) is 15.1. The van der Waals surface area contributed by atoms with Crippen LogP contribution in [0.5, 0.6) is 0 Å². The van der Waals surface area contributed by atoms with Gasteiger partial charge in [0.1, 0.15) is 0 Å². The lowest BCUT2D eigenvalue weighted by Gasteiger charge is -2.29. The molecule has 2 aromatic carbocycles. The predicted molar refractivity (Wildman–Crippen MR) is 111 cm³/mol. The molecule has 0 radical (unpaired) electrons. The monoisotopic (exact) mass is 332 g/mol. The molecule has 1 aliphatic rings. The lowest BCUT2D eigenvalue weighted by atomic mass is 9.96. The van der Waals surface area contributed by atoms with Crippen molar-refractivity contribution in [2.24, 2.45) is 0 Å². The highest BCUT2D eigenvalue weighted by molar-refractivity contribution is 5.82. The fraction of sp³-hybridized carbons (Fsp3) is 0.304. The summed E-state index contributed by atoms with van der Waals surface area (Å²) < 4.78 is 0. The maximum Gasteiger partial charge on any atom is 0.0366 e. The smallest absolute Gasteiger partial charge is 0.0366 e. The van der Waals surface area contributed by atoms with Gasteiger partial charge in [-0.1, -0.05) is 43.0 Å². The van der Waals surface area contributed by atoms with Crippen LogP contribution in [0.15, 0.2) is 67.3 Å². The Balaban J connectivity index is 1.85. The van der Waals surface area contributed by atoms with Gasteiger partial charge >= 0.3 is 0 Å². The van der Waals surface area contributed by atoms with E-state index in [1.807, 2.05) is 6.08 Å². The second kappa shape index (κ2) is 8.06. The summed E-state index contributed by atoms with van der Waals surface area (Å²) in [7, 11) is 4.13. The zero-order valence-corrected chi connectivity index (χ0v) is 15.4. The molecule has 1 fully saturated rings. The van der Waals surface area contributed by atoms with Crippen LogP contribution in [0.25, 0.3) is 5.57 Å². The molecule has 0 unspecified atom stereocenters. The molecule has 0 atom stereocenters. The highest BCUT2D eigenvalue weighted by Gasteiger charge is 2.11. The zero-order valence-electron chi connectivity index (χ0n) is 15.4. The molecule has 2 aromatic rings. The third-order valence-corrected chi connectivity index (χ3v) is 4.88. The Labute approximate surface area is 152 Å². The van der Waals surface area contributed by atoms with Crippen molar-refractivity contribution < 1.29 is 0 Å². The number of allylic oxidation sites excluding steroid dienone is 2. The fourth-order valence-electron chi connectivity index (χ4n) is 3.42. The molecule has 25 heavy (non-hydrogen) atoms. The number of hydrogen-bond donors (Lipinski definition) is 0. The topological polar surface area (TPSA) is 6.48 Å². The van der Waals surface area contributed by atoms with E-state index in [1.54, 1.807) is 0 Å². The summed E-state index contributed by atoms with van der Waals surface area (Å²) in [6.45, 7) is 6.26. The first-order chi connectivity index (χ1) is 12.2. The van der Waals surface area contributed by atoms with E-state index in [4.69, 9.17) is 0 Å². The van der Waals surface area contributed by atoms with E-state index in [-0.39, 0.29) is 0 Å². The van der Waals surface area contributed by atoms with Crippen molar-refractivity contribution in [1.29, 1.82) is 0 Å². The molecule has 2 nitrogen and oxygen atoms in total. The molecule has 2 heteroatoms. The molecule has 130 valence electrons. The van der Waals surface area contributed by atoms with Gasteiger partial charge in [-0.15, -0.1) is 0 Å². The minimum atomic E-state index is 1.18. The number of benzene rings is 2. The average molecular weight is 332 g/mol. The Bertz CT molecular complexity index is 718. The number of anilines is 2. The van der Waals surface area contributed by atoms with Gasteiger partial charge in [-0.25, -0.2) is 0 Å². The number of hydrogen-bond acceptors (Lipinski definition) is 2. The molecule has 1 saturated heterocycles. The SMILES string of the molecule is C=CC=C(c1ccc(N(C)C)cc1)c1ccc(N2CCCCC2)cc1. The standard InChI is InChI=1S/C23H28N2/c1-4-8-23(19-9-13-21(14-10-19)24(2)3)20-11-15-22(16-12-20)25-17-6-5-7-18-25/h4,8-16H,1,5-7,17-18H2,2-3H3. The van der Waals surface area contributed by atoms with Crippen LogP contribution in [0.3, 0.4) is 0 Å². The molecule has 0 N–H and O–H groups in total. The van der Waals surface area contributed by atoms with Crippen LogP contribution in [0.4, 0.5) is 11.4 Å². The van der Waals surface area contributed by atoms with Gasteiger partial charge in [0, 0.05) is 38.6 Å². The van der Waals surface area contributed by atoms with Crippen molar-refractivity contribution in [3.05, 3.63) is 78.4 Å². The first-order valence-corrected chi connectivity index (χ1v) is 9.15. The van der Waals surface area contributed by atoms with E-state index in [9.17, 15) is 0 Å². The Hall–Kier alpha value is -2.48. The van der Waals surface area contributed by atoms with E-state index in [2.05, 4.69) is 85.1 Å². The quantitative estimate of drug-likeness (QED) is 0.680. The van der Waals surface area contributed by atoms with E-state index < -0.39 is 0 Å². The number of piperidine rings is 1. The van der Waals surface area contributed by atoms with Crippen molar-refractivity contribution in [3.63, 3.8) is 0 Å². The van der Waals surface area contributed by atoms with Crippen LogP contribution in [-0.2, 0) is 0 Å². The Morgan fingerprint density at radius 3 is 1.96 bits per heavy atom. The van der Waals surface area contributed by atoms with E-state index in [0.717, 1.165) is 0 Å². The third kappa shape index (κ3) is 4.14. The van der Waals surface area contributed by atoms with Gasteiger partial charge in [-0.3, -0.25) is 0 Å². The summed E-state index contributed by atoms with van der Waals surface area (Å²) in [6, 6.07) is 17.7. The Morgan fingerprint density at radius 1 is 0.880 bits per heavy atom. The summed E-state index contributed by atoms with van der Waals surface area (Å²) in [4.78, 5) is 4.62. The summed E-state index contributed by atoms with van der Waals surface area (Å²) in [6.07, 6.45) is 7.95. The van der Waals surface area contributed by atoms with Gasteiger partial charge in [0.15, 0.2) is 0 Å². The van der Waals surface area contributed by atoms with Crippen molar-refractivity contribution in [2.45, 2.75) is 19.3 Å². The summed E-state index contributed by atoms with van der Waals surface area (Å²) in [5.41, 5.74) is 6.21. The zero-order chi connectivity index (χ0) is 17.6. The lowest BCUT2D eigenvalue weighted by molar-refractivity contribution is 0.578. The Kier molecular flexibility index (Phi) is 5.60. The van der Waals surface area contributed by atoms with E-state index in [0.29, 0.717) is 0 Å². The van der Waals surface area contributed by atoms with E-state index in [1.165, 1.54) is 60.4 Å². The first-order valence-electron chi connectivity index (χ1n) is 9.15. The summed E-state index contributed by atoms with van der Waals surface area (Å²) >= 11 is 0. The number of nitrogens with zero attached hydrogens (tertiary/aromatic N) is 2. The van der Waals surface area contributed by atoms with E-state index >= 15 is 0 Å². The van der Waals surface area contributed by atoms with Crippen LogP contribution >= 0.6 is 0 Å². The maximum absolute atomic E-state index is 3.90. The van der Waals surface area contributed by atoms with Crippen LogP contribution in [-0.4, -0.2) is 27.2 Å². The highest BCUT2D eigenvalue weighted by atomic mass is 15.1. The molecule has 1 aliphatic heterocycles. The molecule has 0 saturated carbocycles. The molecule has 0 bridgehead atoms. The second-order valence-electron chi connectivity index (χ2n) is 6.85. The van der Waals surface area contributed by atoms with Gasteiger partial charge in [0.25, 0.3) is 0 Å². The lowest BCUT2D eigenvalue weighted by Crippen LogP contribution is -2.29. The van der Waals surface area contributed by atoms with Gasteiger partial charge < -0.3 is 9.80 Å². The predicted octanol–water partition coefficient (Wildman–Crippen LogP) is 5.36. The van der Waals surface area contributed by atoms with Crippen LogP contribution < -0.4 is 9.80 Å². The fourth-order valence-corrected chi connectivity index (χ4v) is 3.42. The Morgan fingerprint density at radius 2 is 1.44 bits per heavy atom. The molecule has 0 amide bonds. The minimum absolute atomic E-state index is 1.18. The van der Waals surface area contributed by atoms with Crippen LogP contribution in [0, 0.1) is 0 Å². The van der Waals surface area contributed by atoms with Crippen molar-refractivity contribution in [1.82, 2.24) is 0 Å². The van der Waals surface area contributed by atoms with Gasteiger partial charge in [-0.05, 0) is 60.2 Å². The number of rotatable bonds is 5. The second-order valence-corrected chi connectivity index (χ2v) is 6.85. The molecular formula is C23H28N2. The maximum atomic E-state index is 3.90. The third-order valence-electron chi connectivity index (χ3n) is 4.88. The van der Waals surface area contributed by atoms with Crippen molar-refractivity contribution in [3.8, 4) is 0 Å². The molecule has 1 heterocycles. The van der Waals surface area contributed by atoms with Crippen LogP contribution in [0.1, 0.15) is 30.4 Å². The minimum Gasteiger partial charge on any atom is -0.378 e. The molecular weight excluding hydrogens is 304 g/mol. The summed E-state index contributed by atoms with van der Waals surface area (Å²) in [5.74, 6) is 0. The van der Waals surface area contributed by atoms with Crippen molar-refractivity contribution in [2.75, 3.05) is 37.0 Å². The molecule has 0 aliphatic carbocycles. The van der Waals surface area contributed by atoms with Crippen LogP contribution in [0.2, 0.25) is 0 Å². The van der Waals surface area contributed by atoms with Crippen molar-refractivity contribution >= 4 is 16.9 Å². The average Bonchev–Trinajstić information content (AvgIpc) is 2.67.